The SMILES string of the molecule is COC(=S)NCc1cn(-c2ccc(N3CCN(C(=O)C4CCCN4)CC3)c(F)c2)nn1. The molecule has 0 saturated carbocycles. The Labute approximate surface area is 185 Å². The molecule has 166 valence electrons. The number of hydrogen-bond donors (Lipinski definition) is 2. The fourth-order valence-electron chi connectivity index (χ4n) is 3.92. The number of aromatic nitrogens is 3. The molecule has 11 heteroatoms. The monoisotopic (exact) mass is 447 g/mol. The molecule has 1 aromatic carbocycles. The Kier molecular flexibility index (Phi) is 6.62. The molecule has 0 bridgehead atoms. The van der Waals surface area contributed by atoms with Crippen LogP contribution in [0.2, 0.25) is 0 Å². The van der Waals surface area contributed by atoms with Gasteiger partial charge in [-0.15, -0.1) is 5.10 Å². The maximum absolute atomic E-state index is 14.9. The normalized spacial score (nSPS) is 18.8. The Morgan fingerprint density at radius 1 is 1.35 bits per heavy atom. The van der Waals surface area contributed by atoms with Crippen molar-refractivity contribution in [3.63, 3.8) is 0 Å². The molecule has 4 rings (SSSR count). The largest absolute Gasteiger partial charge is 0.474 e. The Hall–Kier alpha value is -2.79. The molecule has 2 fully saturated rings. The van der Waals surface area contributed by atoms with Gasteiger partial charge in [0.2, 0.25) is 5.91 Å². The lowest BCUT2D eigenvalue weighted by molar-refractivity contribution is -0.133. The van der Waals surface area contributed by atoms with Gasteiger partial charge in [0.1, 0.15) is 11.5 Å². The van der Waals surface area contributed by atoms with Crippen molar-refractivity contribution in [1.82, 2.24) is 30.5 Å². The maximum Gasteiger partial charge on any atom is 0.256 e. The van der Waals surface area contributed by atoms with Crippen LogP contribution >= 0.6 is 12.2 Å². The Morgan fingerprint density at radius 3 is 2.84 bits per heavy atom. The van der Waals surface area contributed by atoms with Gasteiger partial charge < -0.3 is 25.2 Å². The van der Waals surface area contributed by atoms with Crippen molar-refractivity contribution in [2.75, 3.05) is 44.7 Å². The van der Waals surface area contributed by atoms with Crippen molar-refractivity contribution in [2.24, 2.45) is 0 Å². The number of piperazine rings is 1. The quantitative estimate of drug-likeness (QED) is 0.652. The van der Waals surface area contributed by atoms with Crippen LogP contribution in [0.15, 0.2) is 24.4 Å². The number of rotatable bonds is 5. The van der Waals surface area contributed by atoms with Gasteiger partial charge in [-0.1, -0.05) is 5.21 Å². The molecule has 2 saturated heterocycles. The summed E-state index contributed by atoms with van der Waals surface area (Å²) in [4.78, 5) is 16.4. The summed E-state index contributed by atoms with van der Waals surface area (Å²) in [6.45, 7) is 3.67. The third kappa shape index (κ3) is 4.93. The topological polar surface area (TPSA) is 87.5 Å². The van der Waals surface area contributed by atoms with Gasteiger partial charge in [0.25, 0.3) is 5.17 Å². The molecule has 0 spiro atoms. The van der Waals surface area contributed by atoms with E-state index >= 15 is 0 Å². The number of ether oxygens (including phenoxy) is 1. The molecule has 31 heavy (non-hydrogen) atoms. The number of nitrogens with zero attached hydrogens (tertiary/aromatic N) is 5. The predicted octanol–water partition coefficient (Wildman–Crippen LogP) is 0.828. The minimum Gasteiger partial charge on any atom is -0.474 e. The fraction of sp³-hybridized carbons (Fsp3) is 0.500. The van der Waals surface area contributed by atoms with E-state index in [-0.39, 0.29) is 22.9 Å². The molecular weight excluding hydrogens is 421 g/mol. The lowest BCUT2D eigenvalue weighted by atomic mass is 10.1. The van der Waals surface area contributed by atoms with E-state index in [1.165, 1.54) is 17.9 Å². The van der Waals surface area contributed by atoms with E-state index in [0.717, 1.165) is 19.4 Å². The summed E-state index contributed by atoms with van der Waals surface area (Å²) in [5.41, 5.74) is 1.76. The second-order valence-electron chi connectivity index (χ2n) is 7.60. The average Bonchev–Trinajstić information content (AvgIpc) is 3.49. The number of thiocarbonyl (C=S) groups is 1. The minimum atomic E-state index is -0.328. The van der Waals surface area contributed by atoms with Gasteiger partial charge in [0.15, 0.2) is 0 Å². The zero-order valence-electron chi connectivity index (χ0n) is 17.4. The van der Waals surface area contributed by atoms with Gasteiger partial charge in [-0.2, -0.15) is 0 Å². The first-order valence-electron chi connectivity index (χ1n) is 10.4. The van der Waals surface area contributed by atoms with E-state index < -0.39 is 0 Å². The van der Waals surface area contributed by atoms with E-state index in [1.54, 1.807) is 12.3 Å². The molecular formula is C20H26FN7O2S. The molecule has 1 amide bonds. The van der Waals surface area contributed by atoms with E-state index in [4.69, 9.17) is 17.0 Å². The first-order chi connectivity index (χ1) is 15.0. The standard InChI is InChI=1S/C20H26FN7O2S/c1-30-20(31)23-12-14-13-28(25-24-14)15-4-5-18(16(21)11-15)26-7-9-27(10-8-26)19(29)17-3-2-6-22-17/h4-5,11,13,17,22H,2-3,6-10,12H2,1H3,(H,23,31). The summed E-state index contributed by atoms with van der Waals surface area (Å²) in [6, 6.07) is 4.95. The molecule has 2 aliphatic heterocycles. The van der Waals surface area contributed by atoms with Crippen molar-refractivity contribution < 1.29 is 13.9 Å². The lowest BCUT2D eigenvalue weighted by Crippen LogP contribution is -2.53. The zero-order chi connectivity index (χ0) is 21.8. The summed E-state index contributed by atoms with van der Waals surface area (Å²) >= 11 is 4.93. The van der Waals surface area contributed by atoms with Crippen LogP contribution in [0.1, 0.15) is 18.5 Å². The van der Waals surface area contributed by atoms with Crippen LogP contribution in [0.3, 0.4) is 0 Å². The fourth-order valence-corrected chi connectivity index (χ4v) is 3.99. The summed E-state index contributed by atoms with van der Waals surface area (Å²) < 4.78 is 21.3. The molecule has 2 aliphatic rings. The van der Waals surface area contributed by atoms with Crippen LogP contribution in [0.4, 0.5) is 10.1 Å². The highest BCUT2D eigenvalue weighted by Gasteiger charge is 2.29. The van der Waals surface area contributed by atoms with Gasteiger partial charge >= 0.3 is 0 Å². The highest BCUT2D eigenvalue weighted by atomic mass is 32.1. The second kappa shape index (κ2) is 9.56. The predicted molar refractivity (Wildman–Crippen MR) is 118 cm³/mol. The highest BCUT2D eigenvalue weighted by molar-refractivity contribution is 7.80. The summed E-state index contributed by atoms with van der Waals surface area (Å²) in [5.74, 6) is -0.166. The number of anilines is 1. The van der Waals surface area contributed by atoms with E-state index in [1.807, 2.05) is 15.9 Å². The van der Waals surface area contributed by atoms with E-state index in [2.05, 4.69) is 20.9 Å². The first kappa shape index (κ1) is 21.4. The molecule has 3 heterocycles. The van der Waals surface area contributed by atoms with Crippen molar-refractivity contribution in [1.29, 1.82) is 0 Å². The van der Waals surface area contributed by atoms with E-state index in [0.29, 0.717) is 49.8 Å². The van der Waals surface area contributed by atoms with Crippen molar-refractivity contribution in [2.45, 2.75) is 25.4 Å². The first-order valence-corrected chi connectivity index (χ1v) is 10.8. The van der Waals surface area contributed by atoms with Crippen molar-refractivity contribution in [3.8, 4) is 5.69 Å². The molecule has 9 nitrogen and oxygen atoms in total. The third-order valence-corrected chi connectivity index (χ3v) is 5.94. The number of carbonyl (C=O) groups is 1. The van der Waals surface area contributed by atoms with Crippen LogP contribution in [0.25, 0.3) is 5.69 Å². The van der Waals surface area contributed by atoms with Crippen LogP contribution in [-0.4, -0.2) is 76.9 Å². The number of benzene rings is 1. The molecule has 0 radical (unpaired) electrons. The lowest BCUT2D eigenvalue weighted by Gasteiger charge is -2.37. The summed E-state index contributed by atoms with van der Waals surface area (Å²) in [7, 11) is 1.49. The van der Waals surface area contributed by atoms with Gasteiger partial charge in [-0.3, -0.25) is 4.79 Å². The molecule has 0 aliphatic carbocycles. The van der Waals surface area contributed by atoms with Gasteiger partial charge in [0.05, 0.1) is 37.3 Å². The number of nitrogens with one attached hydrogen (secondary N) is 2. The number of carbonyl (C=O) groups excluding carboxylic acids is 1. The Bertz CT molecular complexity index is 939. The summed E-state index contributed by atoms with van der Waals surface area (Å²) in [5, 5.41) is 14.5. The van der Waals surface area contributed by atoms with Crippen LogP contribution in [-0.2, 0) is 16.1 Å². The van der Waals surface area contributed by atoms with Crippen LogP contribution < -0.4 is 15.5 Å². The molecule has 1 aromatic heterocycles. The number of halogens is 1. The van der Waals surface area contributed by atoms with Crippen LogP contribution in [0.5, 0.6) is 0 Å². The average molecular weight is 448 g/mol. The van der Waals surface area contributed by atoms with Gasteiger partial charge in [-0.05, 0) is 43.7 Å². The van der Waals surface area contributed by atoms with Crippen molar-refractivity contribution in [3.05, 3.63) is 35.9 Å². The number of amides is 1. The molecule has 1 atom stereocenters. The van der Waals surface area contributed by atoms with Crippen LogP contribution in [0, 0.1) is 5.82 Å². The molecule has 1 unspecified atom stereocenters. The highest BCUT2D eigenvalue weighted by Crippen LogP contribution is 2.24. The Morgan fingerprint density at radius 2 is 2.16 bits per heavy atom. The Balaban J connectivity index is 1.36. The molecule has 2 N–H and O–H groups in total. The second-order valence-corrected chi connectivity index (χ2v) is 7.97. The zero-order valence-corrected chi connectivity index (χ0v) is 18.2. The van der Waals surface area contributed by atoms with Crippen molar-refractivity contribution >= 4 is 29.0 Å². The third-order valence-electron chi connectivity index (χ3n) is 5.63. The van der Waals surface area contributed by atoms with E-state index in [9.17, 15) is 9.18 Å². The smallest absolute Gasteiger partial charge is 0.256 e. The molecule has 2 aromatic rings. The van der Waals surface area contributed by atoms with Gasteiger partial charge in [-0.25, -0.2) is 9.07 Å². The van der Waals surface area contributed by atoms with Gasteiger partial charge in [0, 0.05) is 32.2 Å². The number of methoxy groups -OCH3 is 1. The number of hydrogen-bond acceptors (Lipinski definition) is 7. The maximum atomic E-state index is 14.9. The summed E-state index contributed by atoms with van der Waals surface area (Å²) in [6.07, 6.45) is 3.65. The minimum absolute atomic E-state index is 0.0598.